The van der Waals surface area contributed by atoms with Gasteiger partial charge in [0, 0.05) is 0 Å². The molecule has 0 atom stereocenters. The molecule has 0 saturated heterocycles. The second kappa shape index (κ2) is 10.8. The minimum atomic E-state index is -0.542. The lowest BCUT2D eigenvalue weighted by atomic mass is 9.86. The van der Waals surface area contributed by atoms with E-state index >= 15 is 0 Å². The van der Waals surface area contributed by atoms with E-state index in [2.05, 4.69) is 36.0 Å². The average Bonchev–Trinajstić information content (AvgIpc) is 2.72. The number of esters is 1. The number of benzene rings is 2. The van der Waals surface area contributed by atoms with Crippen molar-refractivity contribution in [2.24, 2.45) is 5.10 Å². The minimum absolute atomic E-state index is 0.0628. The number of nitrogens with zero attached hydrogens (tertiary/aromatic N) is 1. The summed E-state index contributed by atoms with van der Waals surface area (Å²) in [6.45, 7) is 6.13. The second-order valence-corrected chi connectivity index (χ2v) is 8.22. The topological polar surface area (TPSA) is 86.2 Å². The van der Waals surface area contributed by atoms with Crippen molar-refractivity contribution in [1.29, 1.82) is 0 Å². The third-order valence-corrected chi connectivity index (χ3v) is 4.68. The molecule has 0 saturated carbocycles. The number of carbonyl (C=O) groups excluding carboxylic acids is 2. The van der Waals surface area contributed by atoms with Gasteiger partial charge in [0.25, 0.3) is 0 Å². The molecule has 8 heteroatoms. The Balaban J connectivity index is 1.99. The summed E-state index contributed by atoms with van der Waals surface area (Å²) in [6, 6.07) is 11.2. The summed E-state index contributed by atoms with van der Waals surface area (Å²) < 4.78 is 15.2. The number of carbonyl (C=O) groups is 2. The van der Waals surface area contributed by atoms with Crippen molar-refractivity contribution in [3.05, 3.63) is 58.1 Å². The maximum Gasteiger partial charge on any atom is 0.343 e. The second-order valence-electron chi connectivity index (χ2n) is 7.82. The first-order chi connectivity index (χ1) is 14.6. The molecule has 31 heavy (non-hydrogen) atoms. The Bertz CT molecular complexity index is 950. The molecule has 0 unspecified atom stereocenters. The van der Waals surface area contributed by atoms with E-state index in [-0.39, 0.29) is 35.1 Å². The van der Waals surface area contributed by atoms with Gasteiger partial charge in [-0.3, -0.25) is 4.79 Å². The first-order valence-corrected chi connectivity index (χ1v) is 10.00. The van der Waals surface area contributed by atoms with Crippen LogP contribution in [-0.4, -0.2) is 38.9 Å². The van der Waals surface area contributed by atoms with Crippen LogP contribution in [0.1, 0.15) is 37.5 Å². The van der Waals surface area contributed by atoms with Gasteiger partial charge in [-0.15, -0.1) is 0 Å². The molecule has 0 aliphatic rings. The van der Waals surface area contributed by atoms with Crippen LogP contribution in [0, 0.1) is 0 Å². The van der Waals surface area contributed by atoms with Crippen LogP contribution in [-0.2, 0) is 26.2 Å². The van der Waals surface area contributed by atoms with Gasteiger partial charge in [-0.1, -0.05) is 56.6 Å². The predicted octanol–water partition coefficient (Wildman–Crippen LogP) is 3.89. The van der Waals surface area contributed by atoms with Crippen LogP contribution in [0.4, 0.5) is 0 Å². The van der Waals surface area contributed by atoms with E-state index in [1.165, 1.54) is 26.0 Å². The number of halogens is 1. The molecule has 0 radical (unpaired) electrons. The predicted molar refractivity (Wildman–Crippen MR) is 120 cm³/mol. The van der Waals surface area contributed by atoms with Gasteiger partial charge >= 0.3 is 5.97 Å². The molecule has 0 fully saturated rings. The highest BCUT2D eigenvalue weighted by Gasteiger charge is 2.14. The smallest absolute Gasteiger partial charge is 0.343 e. The zero-order valence-corrected chi connectivity index (χ0v) is 19.1. The van der Waals surface area contributed by atoms with Crippen molar-refractivity contribution in [3.8, 4) is 11.5 Å². The monoisotopic (exact) mass is 446 g/mol. The molecule has 2 aromatic carbocycles. The number of hydrogen-bond donors (Lipinski definition) is 1. The molecule has 1 N–H and O–H groups in total. The molecule has 7 nitrogen and oxygen atoms in total. The van der Waals surface area contributed by atoms with Gasteiger partial charge < -0.3 is 14.2 Å². The van der Waals surface area contributed by atoms with E-state index in [1.54, 1.807) is 12.1 Å². The third-order valence-electron chi connectivity index (χ3n) is 4.40. The summed E-state index contributed by atoms with van der Waals surface area (Å²) in [5, 5.41) is 4.21. The Morgan fingerprint density at radius 2 is 1.81 bits per heavy atom. The standard InChI is InChI=1S/C23H27ClN2O5/c1-23(2,3)17-8-6-15(7-9-17)12-20(27)26-25-13-16-10-18(24)22(19(11-16)29-4)31-14-21(28)30-5/h6-11,13H,12,14H2,1-5H3,(H,26,27). The van der Waals surface area contributed by atoms with E-state index in [1.807, 2.05) is 24.3 Å². The maximum absolute atomic E-state index is 12.2. The Morgan fingerprint density at radius 3 is 2.39 bits per heavy atom. The van der Waals surface area contributed by atoms with Gasteiger partial charge in [0.15, 0.2) is 18.1 Å². The van der Waals surface area contributed by atoms with Crippen molar-refractivity contribution >= 4 is 29.7 Å². The van der Waals surface area contributed by atoms with Crippen LogP contribution in [0.25, 0.3) is 0 Å². The Kier molecular flexibility index (Phi) is 8.45. The van der Waals surface area contributed by atoms with Crippen molar-refractivity contribution in [1.82, 2.24) is 5.43 Å². The SMILES string of the molecule is COC(=O)COc1c(Cl)cc(C=NNC(=O)Cc2ccc(C(C)(C)C)cc2)cc1OC. The Hall–Kier alpha value is -3.06. The molecule has 0 bridgehead atoms. The number of ether oxygens (including phenoxy) is 3. The minimum Gasteiger partial charge on any atom is -0.493 e. The molecular formula is C23H27ClN2O5. The maximum atomic E-state index is 12.2. The lowest BCUT2D eigenvalue weighted by Gasteiger charge is -2.19. The highest BCUT2D eigenvalue weighted by molar-refractivity contribution is 6.32. The first-order valence-electron chi connectivity index (χ1n) is 9.62. The number of hydrogen-bond acceptors (Lipinski definition) is 6. The summed E-state index contributed by atoms with van der Waals surface area (Å²) in [6.07, 6.45) is 1.66. The molecule has 166 valence electrons. The molecule has 0 aliphatic carbocycles. The Labute approximate surface area is 187 Å². The molecule has 0 aromatic heterocycles. The zero-order chi connectivity index (χ0) is 23.0. The van der Waals surface area contributed by atoms with Crippen molar-refractivity contribution in [3.63, 3.8) is 0 Å². The van der Waals surface area contributed by atoms with E-state index in [9.17, 15) is 9.59 Å². The molecule has 1 amide bonds. The van der Waals surface area contributed by atoms with Crippen molar-refractivity contribution in [2.75, 3.05) is 20.8 Å². The van der Waals surface area contributed by atoms with Crippen LogP contribution in [0.5, 0.6) is 11.5 Å². The number of rotatable bonds is 8. The van der Waals surface area contributed by atoms with Crippen LogP contribution in [0.2, 0.25) is 5.02 Å². The summed E-state index contributed by atoms with van der Waals surface area (Å²) in [5.41, 5.74) is 5.25. The average molecular weight is 447 g/mol. The molecular weight excluding hydrogens is 420 g/mol. The molecule has 0 spiro atoms. The van der Waals surface area contributed by atoms with Crippen LogP contribution < -0.4 is 14.9 Å². The zero-order valence-electron chi connectivity index (χ0n) is 18.3. The molecule has 2 aromatic rings. The van der Waals surface area contributed by atoms with E-state index in [0.29, 0.717) is 11.3 Å². The lowest BCUT2D eigenvalue weighted by molar-refractivity contribution is -0.142. The lowest BCUT2D eigenvalue weighted by Crippen LogP contribution is -2.20. The van der Waals surface area contributed by atoms with E-state index in [4.69, 9.17) is 21.1 Å². The highest BCUT2D eigenvalue weighted by atomic mass is 35.5. The fraction of sp³-hybridized carbons (Fsp3) is 0.348. The number of nitrogens with one attached hydrogen (secondary N) is 1. The van der Waals surface area contributed by atoms with Crippen molar-refractivity contribution < 1.29 is 23.8 Å². The van der Waals surface area contributed by atoms with Crippen LogP contribution in [0.15, 0.2) is 41.5 Å². The third kappa shape index (κ3) is 7.29. The normalized spacial score (nSPS) is 11.3. The number of amides is 1. The van der Waals surface area contributed by atoms with Gasteiger partial charge in [-0.25, -0.2) is 10.2 Å². The van der Waals surface area contributed by atoms with E-state index in [0.717, 1.165) is 5.56 Å². The van der Waals surface area contributed by atoms with E-state index < -0.39 is 5.97 Å². The summed E-state index contributed by atoms with van der Waals surface area (Å²) >= 11 is 6.23. The van der Waals surface area contributed by atoms with Crippen molar-refractivity contribution in [2.45, 2.75) is 32.6 Å². The van der Waals surface area contributed by atoms with Gasteiger partial charge in [-0.05, 0) is 34.2 Å². The van der Waals surface area contributed by atoms with Crippen LogP contribution in [0.3, 0.4) is 0 Å². The highest BCUT2D eigenvalue weighted by Crippen LogP contribution is 2.36. The van der Waals surface area contributed by atoms with Gasteiger partial charge in [-0.2, -0.15) is 5.10 Å². The molecule has 0 aliphatic heterocycles. The number of hydrazone groups is 1. The largest absolute Gasteiger partial charge is 0.493 e. The Morgan fingerprint density at radius 1 is 1.13 bits per heavy atom. The summed E-state index contributed by atoms with van der Waals surface area (Å²) in [5.74, 6) is -0.243. The fourth-order valence-corrected chi connectivity index (χ4v) is 2.94. The van der Waals surface area contributed by atoms with Gasteiger partial charge in [0.05, 0.1) is 31.9 Å². The first kappa shape index (κ1) is 24.2. The van der Waals surface area contributed by atoms with Gasteiger partial charge in [0.2, 0.25) is 5.91 Å². The molecule has 2 rings (SSSR count). The number of methoxy groups -OCH3 is 2. The quantitative estimate of drug-likeness (QED) is 0.377. The fourth-order valence-electron chi connectivity index (χ4n) is 2.67. The van der Waals surface area contributed by atoms with Crippen LogP contribution >= 0.6 is 11.6 Å². The molecule has 0 heterocycles. The summed E-state index contributed by atoms with van der Waals surface area (Å²) in [4.78, 5) is 23.4. The van der Waals surface area contributed by atoms with Gasteiger partial charge in [0.1, 0.15) is 0 Å². The summed E-state index contributed by atoms with van der Waals surface area (Å²) in [7, 11) is 2.71.